The van der Waals surface area contributed by atoms with E-state index in [1.165, 1.54) is 29.5 Å². The zero-order chi connectivity index (χ0) is 21.8. The van der Waals surface area contributed by atoms with E-state index in [4.69, 9.17) is 0 Å². The largest absolute Gasteiger partial charge is 0.377 e. The number of hydrogen-bond donors (Lipinski definition) is 1. The number of amides is 2. The number of aromatic nitrogens is 2. The molecule has 0 bridgehead atoms. The normalized spacial score (nSPS) is 17.9. The quantitative estimate of drug-likeness (QED) is 0.414. The van der Waals surface area contributed by atoms with Crippen LogP contribution in [0.15, 0.2) is 52.2 Å². The van der Waals surface area contributed by atoms with Crippen molar-refractivity contribution in [1.29, 1.82) is 0 Å². The first kappa shape index (κ1) is 21.6. The Kier molecular flexibility index (Phi) is 6.70. The van der Waals surface area contributed by atoms with Gasteiger partial charge < -0.3 is 5.32 Å². The molecule has 0 radical (unpaired) electrons. The van der Waals surface area contributed by atoms with Crippen LogP contribution in [0.1, 0.15) is 55.5 Å². The monoisotopic (exact) mass is 436 g/mol. The summed E-state index contributed by atoms with van der Waals surface area (Å²) in [7, 11) is 0. The minimum atomic E-state index is -0.280. The standard InChI is InChI=1S/C24H28N4O2S/c1-16-14-17(2)26-24(25-16)31-21-20(27-19-12-8-3-4-9-13-19)22(29)28(23(21)30)15-18-10-6-5-7-11-18/h5-7,10-11,14,19,27H,3-4,8-9,12-13,15H2,1-2H3. The SMILES string of the molecule is Cc1cc(C)nc(SC2=C(NC3CCCCCC3)C(=O)N(Cc3ccccc3)C2=O)n1. The third-order valence-corrected chi connectivity index (χ3v) is 6.62. The predicted octanol–water partition coefficient (Wildman–Crippen LogP) is 4.28. The molecule has 1 saturated carbocycles. The molecule has 7 heteroatoms. The van der Waals surface area contributed by atoms with Gasteiger partial charge in [-0.2, -0.15) is 0 Å². The lowest BCUT2D eigenvalue weighted by molar-refractivity contribution is -0.138. The van der Waals surface area contributed by atoms with Crippen LogP contribution in [-0.2, 0) is 16.1 Å². The Morgan fingerprint density at radius 1 is 0.968 bits per heavy atom. The number of nitrogens with zero attached hydrogens (tertiary/aromatic N) is 3. The number of benzene rings is 1. The molecule has 162 valence electrons. The summed E-state index contributed by atoms with van der Waals surface area (Å²) in [5.41, 5.74) is 3.01. The van der Waals surface area contributed by atoms with Crippen molar-refractivity contribution < 1.29 is 9.59 Å². The first-order valence-electron chi connectivity index (χ1n) is 10.9. The summed E-state index contributed by atoms with van der Waals surface area (Å²) in [5.74, 6) is -0.539. The first-order valence-corrected chi connectivity index (χ1v) is 11.7. The summed E-state index contributed by atoms with van der Waals surface area (Å²) >= 11 is 1.19. The Morgan fingerprint density at radius 3 is 2.26 bits per heavy atom. The third kappa shape index (κ3) is 5.15. The van der Waals surface area contributed by atoms with Crippen molar-refractivity contribution in [3.8, 4) is 0 Å². The molecule has 1 aliphatic carbocycles. The topological polar surface area (TPSA) is 75.2 Å². The van der Waals surface area contributed by atoms with E-state index in [2.05, 4.69) is 15.3 Å². The molecule has 2 aliphatic rings. The van der Waals surface area contributed by atoms with Gasteiger partial charge in [0.05, 0.1) is 6.54 Å². The molecule has 2 aromatic rings. The average Bonchev–Trinajstić information content (AvgIpc) is 2.93. The fourth-order valence-electron chi connectivity index (χ4n) is 4.14. The zero-order valence-corrected chi connectivity index (χ0v) is 18.9. The Labute approximate surface area is 187 Å². The number of rotatable bonds is 6. The van der Waals surface area contributed by atoms with Gasteiger partial charge in [0.1, 0.15) is 10.6 Å². The zero-order valence-electron chi connectivity index (χ0n) is 18.1. The highest BCUT2D eigenvalue weighted by molar-refractivity contribution is 8.04. The predicted molar refractivity (Wildman–Crippen MR) is 121 cm³/mol. The van der Waals surface area contributed by atoms with Gasteiger partial charge in [-0.05, 0) is 50.1 Å². The van der Waals surface area contributed by atoms with Crippen molar-refractivity contribution in [3.63, 3.8) is 0 Å². The van der Waals surface area contributed by atoms with E-state index in [1.807, 2.05) is 50.2 Å². The molecule has 0 unspecified atom stereocenters. The highest BCUT2D eigenvalue weighted by atomic mass is 32.2. The minimum Gasteiger partial charge on any atom is -0.377 e. The summed E-state index contributed by atoms with van der Waals surface area (Å²) in [6.45, 7) is 4.06. The van der Waals surface area contributed by atoms with E-state index in [9.17, 15) is 9.59 Å². The minimum absolute atomic E-state index is 0.210. The second kappa shape index (κ2) is 9.64. The smallest absolute Gasteiger partial charge is 0.278 e. The summed E-state index contributed by atoms with van der Waals surface area (Å²) < 4.78 is 0. The van der Waals surface area contributed by atoms with E-state index < -0.39 is 0 Å². The van der Waals surface area contributed by atoms with Crippen LogP contribution in [0.5, 0.6) is 0 Å². The molecule has 1 aromatic carbocycles. The molecule has 6 nitrogen and oxygen atoms in total. The third-order valence-electron chi connectivity index (χ3n) is 5.67. The molecule has 4 rings (SSSR count). The van der Waals surface area contributed by atoms with E-state index >= 15 is 0 Å². The molecule has 0 saturated heterocycles. The lowest BCUT2D eigenvalue weighted by Crippen LogP contribution is -2.36. The molecular weight excluding hydrogens is 408 g/mol. The van der Waals surface area contributed by atoms with Gasteiger partial charge in [-0.25, -0.2) is 9.97 Å². The van der Waals surface area contributed by atoms with Gasteiger partial charge in [-0.3, -0.25) is 14.5 Å². The summed E-state index contributed by atoms with van der Waals surface area (Å²) in [4.78, 5) is 37.4. The van der Waals surface area contributed by atoms with Crippen molar-refractivity contribution in [2.45, 2.75) is 70.1 Å². The van der Waals surface area contributed by atoms with Gasteiger partial charge in [-0.15, -0.1) is 0 Å². The maximum absolute atomic E-state index is 13.3. The second-order valence-corrected chi connectivity index (χ2v) is 9.23. The Balaban J connectivity index is 1.64. The fraction of sp³-hybridized carbons (Fsp3) is 0.417. The number of carbonyl (C=O) groups excluding carboxylic acids is 2. The molecule has 31 heavy (non-hydrogen) atoms. The van der Waals surface area contributed by atoms with E-state index in [1.54, 1.807) is 0 Å². The van der Waals surface area contributed by atoms with Crippen LogP contribution >= 0.6 is 11.8 Å². The second-order valence-electron chi connectivity index (χ2n) is 8.25. The molecule has 1 N–H and O–H groups in total. The lowest BCUT2D eigenvalue weighted by atomic mass is 10.1. The number of carbonyl (C=O) groups is 2. The van der Waals surface area contributed by atoms with Crippen molar-refractivity contribution in [3.05, 3.63) is 64.0 Å². The van der Waals surface area contributed by atoms with Crippen LogP contribution < -0.4 is 5.32 Å². The molecule has 0 atom stereocenters. The van der Waals surface area contributed by atoms with Gasteiger partial charge in [0, 0.05) is 17.4 Å². The molecule has 2 heterocycles. The number of hydrogen-bond acceptors (Lipinski definition) is 6. The van der Waals surface area contributed by atoms with Gasteiger partial charge >= 0.3 is 0 Å². The molecule has 1 aliphatic heterocycles. The molecule has 1 fully saturated rings. The number of imide groups is 1. The Bertz CT molecular complexity index is 978. The maximum Gasteiger partial charge on any atom is 0.278 e. The van der Waals surface area contributed by atoms with Crippen LogP contribution in [0.2, 0.25) is 0 Å². The van der Waals surface area contributed by atoms with Crippen LogP contribution in [-0.4, -0.2) is 32.7 Å². The first-order chi connectivity index (χ1) is 15.0. The van der Waals surface area contributed by atoms with E-state index in [0.717, 1.165) is 42.6 Å². The van der Waals surface area contributed by atoms with Gasteiger partial charge in [0.15, 0.2) is 5.16 Å². The average molecular weight is 437 g/mol. The fourth-order valence-corrected chi connectivity index (χ4v) is 5.15. The highest BCUT2D eigenvalue weighted by Gasteiger charge is 2.40. The molecular formula is C24H28N4O2S. The van der Waals surface area contributed by atoms with Crippen LogP contribution in [0.25, 0.3) is 0 Å². The van der Waals surface area contributed by atoms with Gasteiger partial charge in [0.2, 0.25) is 0 Å². The number of nitrogens with one attached hydrogen (secondary N) is 1. The van der Waals surface area contributed by atoms with Crippen molar-refractivity contribution in [1.82, 2.24) is 20.2 Å². The van der Waals surface area contributed by atoms with Crippen LogP contribution in [0.4, 0.5) is 0 Å². The highest BCUT2D eigenvalue weighted by Crippen LogP contribution is 2.34. The number of thioether (sulfide) groups is 1. The Morgan fingerprint density at radius 2 is 1.61 bits per heavy atom. The lowest BCUT2D eigenvalue weighted by Gasteiger charge is -2.19. The van der Waals surface area contributed by atoms with Gasteiger partial charge in [0.25, 0.3) is 11.8 Å². The number of aryl methyl sites for hydroxylation is 2. The Hall–Kier alpha value is -2.67. The van der Waals surface area contributed by atoms with Gasteiger partial charge in [-0.1, -0.05) is 56.0 Å². The van der Waals surface area contributed by atoms with Crippen molar-refractivity contribution in [2.24, 2.45) is 0 Å². The van der Waals surface area contributed by atoms with Crippen molar-refractivity contribution in [2.75, 3.05) is 0 Å². The van der Waals surface area contributed by atoms with E-state index in [-0.39, 0.29) is 24.4 Å². The molecule has 1 aromatic heterocycles. The van der Waals surface area contributed by atoms with Crippen molar-refractivity contribution >= 4 is 23.6 Å². The summed E-state index contributed by atoms with van der Waals surface area (Å²) in [6.07, 6.45) is 6.76. The summed E-state index contributed by atoms with van der Waals surface area (Å²) in [5, 5.41) is 3.94. The molecule has 0 spiro atoms. The van der Waals surface area contributed by atoms with E-state index in [0.29, 0.717) is 15.8 Å². The maximum atomic E-state index is 13.3. The summed E-state index contributed by atoms with van der Waals surface area (Å²) in [6, 6.07) is 11.7. The molecule has 2 amide bonds. The van der Waals surface area contributed by atoms with Crippen LogP contribution in [0, 0.1) is 13.8 Å². The van der Waals surface area contributed by atoms with Crippen LogP contribution in [0.3, 0.4) is 0 Å².